The Morgan fingerprint density at radius 2 is 2.31 bits per heavy atom. The minimum atomic E-state index is -0.251. The van der Waals surface area contributed by atoms with E-state index in [0.29, 0.717) is 19.5 Å². The van der Waals surface area contributed by atoms with Crippen molar-refractivity contribution < 1.29 is 9.90 Å². The number of thiol groups is 1. The molecule has 0 bridgehead atoms. The lowest BCUT2D eigenvalue weighted by molar-refractivity contribution is -0.133. The van der Waals surface area contributed by atoms with Crippen molar-refractivity contribution in [3.8, 4) is 0 Å². The van der Waals surface area contributed by atoms with Gasteiger partial charge in [-0.25, -0.2) is 0 Å². The Hall–Kier alpha value is -0.220. The second kappa shape index (κ2) is 4.33. The van der Waals surface area contributed by atoms with E-state index in [2.05, 4.69) is 12.6 Å². The quantitative estimate of drug-likeness (QED) is 0.610. The van der Waals surface area contributed by atoms with Crippen LogP contribution >= 0.6 is 12.6 Å². The number of hydrogen-bond donors (Lipinski definition) is 2. The molecule has 3 atom stereocenters. The molecule has 0 aromatic carbocycles. The number of amides is 1. The van der Waals surface area contributed by atoms with Crippen molar-refractivity contribution in [3.63, 3.8) is 0 Å². The van der Waals surface area contributed by atoms with Crippen molar-refractivity contribution in [2.24, 2.45) is 5.92 Å². The van der Waals surface area contributed by atoms with Gasteiger partial charge in [0.1, 0.15) is 0 Å². The molecular formula is C9H17NO2S. The van der Waals surface area contributed by atoms with Gasteiger partial charge < -0.3 is 10.0 Å². The van der Waals surface area contributed by atoms with Crippen LogP contribution in [0.1, 0.15) is 20.3 Å². The van der Waals surface area contributed by atoms with Crippen molar-refractivity contribution in [1.82, 2.24) is 4.90 Å². The van der Waals surface area contributed by atoms with E-state index in [1.165, 1.54) is 0 Å². The van der Waals surface area contributed by atoms with Crippen LogP contribution in [0, 0.1) is 5.92 Å². The van der Waals surface area contributed by atoms with E-state index in [1.54, 1.807) is 11.8 Å². The number of rotatable bonds is 1. The van der Waals surface area contributed by atoms with Crippen LogP contribution in [0.5, 0.6) is 0 Å². The zero-order valence-corrected chi connectivity index (χ0v) is 9.00. The average molecular weight is 203 g/mol. The minimum Gasteiger partial charge on any atom is -0.393 e. The molecule has 1 fully saturated rings. The lowest BCUT2D eigenvalue weighted by Crippen LogP contribution is -2.47. The zero-order chi connectivity index (χ0) is 10.0. The average Bonchev–Trinajstić information content (AvgIpc) is 2.08. The Kier molecular flexibility index (Phi) is 3.62. The van der Waals surface area contributed by atoms with Gasteiger partial charge in [-0.15, -0.1) is 0 Å². The summed E-state index contributed by atoms with van der Waals surface area (Å²) in [4.78, 5) is 13.3. The molecule has 13 heavy (non-hydrogen) atoms. The van der Waals surface area contributed by atoms with Gasteiger partial charge in [0.05, 0.1) is 11.4 Å². The second-order valence-electron chi connectivity index (χ2n) is 3.79. The third kappa shape index (κ3) is 2.61. The van der Waals surface area contributed by atoms with Gasteiger partial charge in [-0.05, 0) is 19.3 Å². The van der Waals surface area contributed by atoms with Crippen molar-refractivity contribution >= 4 is 18.5 Å². The molecule has 4 heteroatoms. The Balaban J connectivity index is 2.50. The highest BCUT2D eigenvalue weighted by Crippen LogP contribution is 2.17. The number of aliphatic hydroxyl groups is 1. The molecule has 1 aliphatic heterocycles. The molecule has 3 unspecified atom stereocenters. The van der Waals surface area contributed by atoms with Gasteiger partial charge in [-0.2, -0.15) is 12.6 Å². The molecule has 3 nitrogen and oxygen atoms in total. The highest BCUT2D eigenvalue weighted by molar-refractivity contribution is 7.81. The summed E-state index contributed by atoms with van der Waals surface area (Å²) < 4.78 is 0. The van der Waals surface area contributed by atoms with Gasteiger partial charge >= 0.3 is 0 Å². The summed E-state index contributed by atoms with van der Waals surface area (Å²) in [6.07, 6.45) is 0.437. The van der Waals surface area contributed by atoms with Crippen LogP contribution in [0.15, 0.2) is 0 Å². The lowest BCUT2D eigenvalue weighted by atomic mass is 9.96. The van der Waals surface area contributed by atoms with Crippen LogP contribution in [0.25, 0.3) is 0 Å². The van der Waals surface area contributed by atoms with Crippen LogP contribution in [-0.4, -0.2) is 40.4 Å². The molecule has 0 radical (unpaired) electrons. The monoisotopic (exact) mass is 203 g/mol. The summed E-state index contributed by atoms with van der Waals surface area (Å²) in [6, 6.07) is 0. The number of carbonyl (C=O) groups excluding carboxylic acids is 1. The van der Waals surface area contributed by atoms with E-state index in [4.69, 9.17) is 0 Å². The fourth-order valence-corrected chi connectivity index (χ4v) is 1.76. The summed E-state index contributed by atoms with van der Waals surface area (Å²) in [5.41, 5.74) is 0. The molecule has 0 aliphatic carbocycles. The van der Waals surface area contributed by atoms with Crippen molar-refractivity contribution in [3.05, 3.63) is 0 Å². The van der Waals surface area contributed by atoms with Gasteiger partial charge in [0, 0.05) is 13.1 Å². The number of hydrogen-bond acceptors (Lipinski definition) is 3. The normalized spacial score (nSPS) is 31.5. The molecule has 1 heterocycles. The molecule has 76 valence electrons. The van der Waals surface area contributed by atoms with E-state index in [0.717, 1.165) is 0 Å². The van der Waals surface area contributed by atoms with Crippen molar-refractivity contribution in [2.45, 2.75) is 31.6 Å². The van der Waals surface area contributed by atoms with Gasteiger partial charge in [0.15, 0.2) is 0 Å². The highest BCUT2D eigenvalue weighted by Gasteiger charge is 2.28. The predicted molar refractivity (Wildman–Crippen MR) is 54.8 cm³/mol. The Morgan fingerprint density at radius 3 is 2.77 bits per heavy atom. The number of aliphatic hydroxyl groups excluding tert-OH is 1. The number of piperidine rings is 1. The summed E-state index contributed by atoms with van der Waals surface area (Å²) >= 11 is 4.10. The molecule has 1 aliphatic rings. The summed E-state index contributed by atoms with van der Waals surface area (Å²) in [6.45, 7) is 5.06. The van der Waals surface area contributed by atoms with Gasteiger partial charge in [-0.3, -0.25) is 4.79 Å². The summed E-state index contributed by atoms with van der Waals surface area (Å²) in [5.74, 6) is 0.256. The van der Waals surface area contributed by atoms with E-state index < -0.39 is 0 Å². The van der Waals surface area contributed by atoms with Crippen LogP contribution in [0.3, 0.4) is 0 Å². The highest BCUT2D eigenvalue weighted by atomic mass is 32.1. The fourth-order valence-electron chi connectivity index (χ4n) is 1.60. The Bertz CT molecular complexity index is 196. The molecule has 0 saturated carbocycles. The topological polar surface area (TPSA) is 40.5 Å². The van der Waals surface area contributed by atoms with E-state index in [-0.39, 0.29) is 23.2 Å². The molecule has 0 aromatic heterocycles. The third-order valence-corrected chi connectivity index (χ3v) is 2.75. The van der Waals surface area contributed by atoms with Gasteiger partial charge in [0.25, 0.3) is 0 Å². The molecule has 0 aromatic rings. The maximum atomic E-state index is 11.5. The zero-order valence-electron chi connectivity index (χ0n) is 8.10. The maximum Gasteiger partial charge on any atom is 0.235 e. The van der Waals surface area contributed by atoms with E-state index >= 15 is 0 Å². The minimum absolute atomic E-state index is 0.0714. The smallest absolute Gasteiger partial charge is 0.235 e. The lowest BCUT2D eigenvalue weighted by Gasteiger charge is -2.35. The summed E-state index contributed by atoms with van der Waals surface area (Å²) in [5, 5.41) is 9.22. The van der Waals surface area contributed by atoms with Crippen LogP contribution in [0.4, 0.5) is 0 Å². The Labute approximate surface area is 84.5 Å². The van der Waals surface area contributed by atoms with E-state index in [1.807, 2.05) is 6.92 Å². The number of nitrogens with zero attached hydrogens (tertiary/aromatic N) is 1. The van der Waals surface area contributed by atoms with Crippen LogP contribution < -0.4 is 0 Å². The summed E-state index contributed by atoms with van der Waals surface area (Å²) in [7, 11) is 0. The van der Waals surface area contributed by atoms with Crippen molar-refractivity contribution in [2.75, 3.05) is 13.1 Å². The third-order valence-electron chi connectivity index (χ3n) is 2.53. The first-order valence-corrected chi connectivity index (χ1v) is 5.19. The fraction of sp³-hybridized carbons (Fsp3) is 0.889. The standard InChI is InChI=1S/C9H17NO2S/c1-6-5-10(4-3-8(6)11)9(12)7(2)13/h6-8,11,13H,3-5H2,1-2H3. The molecule has 0 spiro atoms. The van der Waals surface area contributed by atoms with Crippen LogP contribution in [-0.2, 0) is 4.79 Å². The first kappa shape index (κ1) is 10.9. The van der Waals surface area contributed by atoms with E-state index in [9.17, 15) is 9.90 Å². The molecular weight excluding hydrogens is 186 g/mol. The molecule has 1 saturated heterocycles. The second-order valence-corrected chi connectivity index (χ2v) is 4.57. The molecule has 1 N–H and O–H groups in total. The van der Waals surface area contributed by atoms with Crippen LogP contribution in [0.2, 0.25) is 0 Å². The number of likely N-dealkylation sites (tertiary alicyclic amines) is 1. The first-order valence-electron chi connectivity index (χ1n) is 4.67. The largest absolute Gasteiger partial charge is 0.393 e. The Morgan fingerprint density at radius 1 is 1.69 bits per heavy atom. The van der Waals surface area contributed by atoms with Gasteiger partial charge in [-0.1, -0.05) is 6.92 Å². The maximum absolute atomic E-state index is 11.5. The molecule has 1 amide bonds. The van der Waals surface area contributed by atoms with Gasteiger partial charge in [0.2, 0.25) is 5.91 Å². The first-order chi connectivity index (χ1) is 6.02. The molecule has 1 rings (SSSR count). The number of carbonyl (C=O) groups is 1. The SMILES string of the molecule is CC(S)C(=O)N1CCC(O)C(C)C1. The predicted octanol–water partition coefficient (Wildman–Crippen LogP) is 0.534. The van der Waals surface area contributed by atoms with Crippen molar-refractivity contribution in [1.29, 1.82) is 0 Å².